The molecule has 6 atom stereocenters. The van der Waals surface area contributed by atoms with E-state index in [2.05, 4.69) is 17.2 Å². The monoisotopic (exact) mass is 588 g/mol. The Labute approximate surface area is 253 Å². The van der Waals surface area contributed by atoms with Crippen molar-refractivity contribution in [2.45, 2.75) is 96.5 Å². The average Bonchev–Trinajstić information content (AvgIpc) is 3.32. The smallest absolute Gasteiger partial charge is 0.145 e. The van der Waals surface area contributed by atoms with E-state index < -0.39 is 23.3 Å². The number of hydrogen-bond donors (Lipinski definition) is 7. The van der Waals surface area contributed by atoms with Gasteiger partial charge in [0.1, 0.15) is 12.5 Å². The first-order chi connectivity index (χ1) is 20.1. The van der Waals surface area contributed by atoms with Gasteiger partial charge in [0.2, 0.25) is 0 Å². The molecule has 2 saturated carbocycles. The Hall–Kier alpha value is -1.91. The lowest BCUT2D eigenvalue weighted by molar-refractivity contribution is -0.180. The maximum atomic E-state index is 12.3. The van der Waals surface area contributed by atoms with E-state index in [9.17, 15) is 30.3 Å². The molecule has 0 aromatic heterocycles. The highest BCUT2D eigenvalue weighted by atomic mass is 16.3. The summed E-state index contributed by atoms with van der Waals surface area (Å²) in [4.78, 5) is 11.9. The molecular formula is C34H56N2O6. The van der Waals surface area contributed by atoms with Crippen LogP contribution >= 0.6 is 0 Å². The summed E-state index contributed by atoms with van der Waals surface area (Å²) in [5.74, 6) is -0.594. The number of nitrogens with one attached hydrogen (secondary N) is 2. The summed E-state index contributed by atoms with van der Waals surface area (Å²) in [6.45, 7) is 10.8. The van der Waals surface area contributed by atoms with E-state index in [-0.39, 0.29) is 25.0 Å². The third kappa shape index (κ3) is 8.38. The fourth-order valence-electron chi connectivity index (χ4n) is 7.32. The molecule has 42 heavy (non-hydrogen) atoms. The summed E-state index contributed by atoms with van der Waals surface area (Å²) < 4.78 is 0. The van der Waals surface area contributed by atoms with E-state index in [1.807, 2.05) is 45.2 Å². The predicted octanol–water partition coefficient (Wildman–Crippen LogP) is 3.47. The van der Waals surface area contributed by atoms with Crippen LogP contribution < -0.4 is 10.6 Å². The standard InChI is InChI=1S/C34H56N2O6/c1-6-36-32(41)25(3)12-7-10-24(2)11-8-13-27(23-39)29-16-18-34(31(29)40)30(14-9-21-37)28(26(4)22-38)15-17-33(34,42)19-20-35-5/h8,11-13,22,29-32,35-37,39-42H,2,6-7,9-10,14-21,23H2,1,3-5H3. The number of aliphatic hydroxyl groups excluding tert-OH is 4. The molecule has 6 unspecified atom stereocenters. The Morgan fingerprint density at radius 3 is 2.60 bits per heavy atom. The molecule has 2 fully saturated rings. The number of aliphatic hydroxyl groups is 5. The Kier molecular flexibility index (Phi) is 15.0. The highest BCUT2D eigenvalue weighted by Crippen LogP contribution is 2.63. The first-order valence-electron chi connectivity index (χ1n) is 15.6. The molecule has 2 aliphatic rings. The summed E-state index contributed by atoms with van der Waals surface area (Å²) in [5, 5.41) is 60.6. The Morgan fingerprint density at radius 1 is 1.24 bits per heavy atom. The second-order valence-electron chi connectivity index (χ2n) is 12.1. The average molecular weight is 589 g/mol. The summed E-state index contributed by atoms with van der Waals surface area (Å²) in [5.41, 5.74) is 2.04. The van der Waals surface area contributed by atoms with Gasteiger partial charge in [-0.3, -0.25) is 10.1 Å². The van der Waals surface area contributed by atoms with Crippen molar-refractivity contribution in [3.05, 3.63) is 58.7 Å². The molecule has 0 aromatic rings. The van der Waals surface area contributed by atoms with Crippen LogP contribution in [0.25, 0.3) is 0 Å². The van der Waals surface area contributed by atoms with Gasteiger partial charge in [-0.2, -0.15) is 0 Å². The summed E-state index contributed by atoms with van der Waals surface area (Å²) in [6.07, 6.45) is 12.1. The molecule has 2 rings (SSSR count). The zero-order valence-corrected chi connectivity index (χ0v) is 26.2. The molecule has 7 N–H and O–H groups in total. The number of likely N-dealkylation sites (N-methyl/N-ethyl adjacent to an activating group) is 1. The first-order valence-corrected chi connectivity index (χ1v) is 15.6. The van der Waals surface area contributed by atoms with Crippen molar-refractivity contribution in [3.63, 3.8) is 0 Å². The number of carbonyl (C=O) groups is 1. The third-order valence-electron chi connectivity index (χ3n) is 9.68. The fraction of sp³-hybridized carbons (Fsp3) is 0.676. The largest absolute Gasteiger partial charge is 0.396 e. The second-order valence-corrected chi connectivity index (χ2v) is 12.1. The van der Waals surface area contributed by atoms with Gasteiger partial charge in [0.25, 0.3) is 0 Å². The molecule has 8 heteroatoms. The van der Waals surface area contributed by atoms with Crippen molar-refractivity contribution in [1.29, 1.82) is 0 Å². The Balaban J connectivity index is 2.34. The van der Waals surface area contributed by atoms with E-state index in [0.717, 1.165) is 35.8 Å². The molecular weight excluding hydrogens is 532 g/mol. The highest BCUT2D eigenvalue weighted by molar-refractivity contribution is 5.74. The number of carbonyl (C=O) groups excluding carboxylic acids is 1. The molecule has 0 heterocycles. The van der Waals surface area contributed by atoms with Gasteiger partial charge in [0.15, 0.2) is 0 Å². The Morgan fingerprint density at radius 2 is 1.98 bits per heavy atom. The van der Waals surface area contributed by atoms with E-state index >= 15 is 0 Å². The van der Waals surface area contributed by atoms with Gasteiger partial charge < -0.3 is 30.8 Å². The SMILES string of the molecule is C=C(C=CC=C(CO)C1CCC2(C(CCCO)C(=C(C)C=O)CCC2(O)CCNC)C1O)CCC=C(C)C(O)NCC. The van der Waals surface area contributed by atoms with Gasteiger partial charge >= 0.3 is 0 Å². The number of aldehydes is 1. The van der Waals surface area contributed by atoms with Gasteiger partial charge in [-0.25, -0.2) is 0 Å². The lowest BCUT2D eigenvalue weighted by atomic mass is 9.51. The van der Waals surface area contributed by atoms with Crippen molar-refractivity contribution >= 4 is 6.29 Å². The highest BCUT2D eigenvalue weighted by Gasteiger charge is 2.65. The van der Waals surface area contributed by atoms with Crippen LogP contribution in [0.4, 0.5) is 0 Å². The molecule has 0 bridgehead atoms. The van der Waals surface area contributed by atoms with Crippen molar-refractivity contribution in [2.75, 3.05) is 33.4 Å². The van der Waals surface area contributed by atoms with Crippen LogP contribution in [0.15, 0.2) is 58.7 Å². The first kappa shape index (κ1) is 36.3. The van der Waals surface area contributed by atoms with Crippen LogP contribution in [0.1, 0.15) is 78.6 Å². The Bertz CT molecular complexity index is 1020. The van der Waals surface area contributed by atoms with E-state index in [4.69, 9.17) is 0 Å². The van der Waals surface area contributed by atoms with Crippen molar-refractivity contribution in [3.8, 4) is 0 Å². The number of hydrogen-bond acceptors (Lipinski definition) is 8. The van der Waals surface area contributed by atoms with Crippen LogP contribution in [0.5, 0.6) is 0 Å². The van der Waals surface area contributed by atoms with Gasteiger partial charge in [0, 0.05) is 17.9 Å². The van der Waals surface area contributed by atoms with Crippen LogP contribution in [0.2, 0.25) is 0 Å². The van der Waals surface area contributed by atoms with E-state index in [0.29, 0.717) is 69.2 Å². The molecule has 0 radical (unpaired) electrons. The van der Waals surface area contributed by atoms with Gasteiger partial charge in [-0.1, -0.05) is 49.0 Å². The summed E-state index contributed by atoms with van der Waals surface area (Å²) in [7, 11) is 1.84. The van der Waals surface area contributed by atoms with Crippen LogP contribution in [0, 0.1) is 17.3 Å². The zero-order valence-electron chi connectivity index (χ0n) is 26.2. The molecule has 0 aliphatic heterocycles. The van der Waals surface area contributed by atoms with Crippen LogP contribution in [-0.2, 0) is 4.79 Å². The normalized spacial score (nSPS) is 30.7. The van der Waals surface area contributed by atoms with Gasteiger partial charge in [-0.15, -0.1) is 0 Å². The maximum absolute atomic E-state index is 12.3. The van der Waals surface area contributed by atoms with Crippen LogP contribution in [-0.4, -0.2) is 83.1 Å². The molecule has 0 saturated heterocycles. The molecule has 0 aromatic carbocycles. The van der Waals surface area contributed by atoms with E-state index in [1.165, 1.54) is 0 Å². The third-order valence-corrected chi connectivity index (χ3v) is 9.68. The lowest BCUT2D eigenvalue weighted by Crippen LogP contribution is -2.61. The summed E-state index contributed by atoms with van der Waals surface area (Å²) in [6, 6.07) is 0. The maximum Gasteiger partial charge on any atom is 0.145 e. The minimum Gasteiger partial charge on any atom is -0.396 e. The van der Waals surface area contributed by atoms with Crippen molar-refractivity contribution in [1.82, 2.24) is 10.6 Å². The fourth-order valence-corrected chi connectivity index (χ4v) is 7.32. The van der Waals surface area contributed by atoms with Crippen molar-refractivity contribution in [2.24, 2.45) is 17.3 Å². The van der Waals surface area contributed by atoms with E-state index in [1.54, 1.807) is 6.92 Å². The molecule has 238 valence electrons. The van der Waals surface area contributed by atoms with Gasteiger partial charge in [0.05, 0.1) is 18.3 Å². The molecule has 0 amide bonds. The minimum atomic E-state index is -1.16. The molecule has 1 spiro atoms. The topological polar surface area (TPSA) is 142 Å². The zero-order chi connectivity index (χ0) is 31.3. The molecule has 8 nitrogen and oxygen atoms in total. The minimum absolute atomic E-state index is 0.00346. The molecule has 2 aliphatic carbocycles. The van der Waals surface area contributed by atoms with Crippen molar-refractivity contribution < 1.29 is 30.3 Å². The van der Waals surface area contributed by atoms with Crippen LogP contribution in [0.3, 0.4) is 0 Å². The second kappa shape index (κ2) is 17.4. The van der Waals surface area contributed by atoms with Gasteiger partial charge in [-0.05, 0) is 114 Å². The number of allylic oxidation sites excluding steroid dienone is 7. The summed E-state index contributed by atoms with van der Waals surface area (Å²) >= 11 is 0. The lowest BCUT2D eigenvalue weighted by Gasteiger charge is -2.57. The quantitative estimate of drug-likeness (QED) is 0.0450. The number of rotatable bonds is 17. The predicted molar refractivity (Wildman–Crippen MR) is 169 cm³/mol.